The molecule has 0 amide bonds. The lowest BCUT2D eigenvalue weighted by molar-refractivity contribution is -0.193. The number of nitrogens with one attached hydrogen (secondary N) is 1. The van der Waals surface area contributed by atoms with Crippen molar-refractivity contribution in [1.82, 2.24) is 15.1 Å². The van der Waals surface area contributed by atoms with E-state index in [4.69, 9.17) is 60.4 Å². The summed E-state index contributed by atoms with van der Waals surface area (Å²) < 4.78 is 44.3. The molecule has 0 saturated heterocycles. The quantitative estimate of drug-likeness (QED) is 0.0856. The van der Waals surface area contributed by atoms with E-state index in [1.54, 1.807) is 0 Å². The molecule has 57 heavy (non-hydrogen) atoms. The van der Waals surface area contributed by atoms with Crippen molar-refractivity contribution in [2.75, 3.05) is 44.5 Å². The van der Waals surface area contributed by atoms with Gasteiger partial charge in [-0.25, -0.2) is 13.2 Å². The number of ketones is 3. The maximum absolute atomic E-state index is 12.3. The van der Waals surface area contributed by atoms with Gasteiger partial charge in [0, 0.05) is 36.1 Å². The highest BCUT2D eigenvalue weighted by atomic mass is 35.5. The summed E-state index contributed by atoms with van der Waals surface area (Å²) in [5.74, 6) is -1.64. The summed E-state index contributed by atoms with van der Waals surface area (Å²) in [6.07, 6.45) is 12.9. The summed E-state index contributed by atoms with van der Waals surface area (Å²) in [7, 11) is -7.15. The van der Waals surface area contributed by atoms with Crippen LogP contribution in [0.15, 0.2) is 44.4 Å². The molecule has 314 valence electrons. The summed E-state index contributed by atoms with van der Waals surface area (Å²) in [5, 5.41) is 14.6. The zero-order chi connectivity index (χ0) is 44.1. The first kappa shape index (κ1) is 51.5. The van der Waals surface area contributed by atoms with Gasteiger partial charge in [0.05, 0.1) is 57.2 Å². The number of halogens is 3. The molecular formula is C35H43Cl3N3O13PS2. The second-order valence-corrected chi connectivity index (χ2v) is 20.7. The van der Waals surface area contributed by atoms with E-state index in [2.05, 4.69) is 29.8 Å². The largest absolute Gasteiger partial charge is 0.778 e. The molecule has 1 saturated carbocycles. The highest BCUT2D eigenvalue weighted by Gasteiger charge is 2.37. The Kier molecular flexibility index (Phi) is 20.4. The normalized spacial score (nSPS) is 14.1. The van der Waals surface area contributed by atoms with Gasteiger partial charge in [0.1, 0.15) is 25.9 Å². The Bertz CT molecular complexity index is 2170. The topological polar surface area (TPSA) is 252 Å². The molecule has 22 heteroatoms. The Balaban J connectivity index is 0.000000432. The standard InChI is InChI=1S/C15H14Cl2N2O3.C14H13ClO5S.C3H8NO5P.C3H9S/c1-5-6-21-12-8-11(9(16)7-10(12)17)19-14(20)22-13(18-19)15(2,3)4;1-21(19,20)8-5-6-9(10(15)7-8)14(18)13-11(16)3-2-4-12(13)17;5-3(6)1-4-2-10(7,8)9;1-4(2)3/h1,7-8H,6H2,2-4H3;5-7,13H,2-4H2,1H3;4H,1-2H2,(H,5,6)(H2,7,8,9);1-3H3/q;;;+1/p-1. The molecule has 4 rings (SSSR count). The molecule has 3 N–H and O–H groups in total. The van der Waals surface area contributed by atoms with E-state index >= 15 is 0 Å². The van der Waals surface area contributed by atoms with E-state index in [0.717, 1.165) is 17.0 Å². The van der Waals surface area contributed by atoms with Gasteiger partial charge in [-0.1, -0.05) is 61.5 Å². The number of sulfone groups is 1. The lowest BCUT2D eigenvalue weighted by Gasteiger charge is -2.18. The van der Waals surface area contributed by atoms with Crippen molar-refractivity contribution >= 4 is 86.4 Å². The number of hydrogen-bond donors (Lipinski definition) is 3. The number of carboxylic acid groups (broad SMARTS) is 1. The number of hydrogen-bond acceptors (Lipinski definition) is 13. The number of aliphatic carboxylic acids is 1. The van der Waals surface area contributed by atoms with Gasteiger partial charge in [0.25, 0.3) is 0 Å². The fourth-order valence-electron chi connectivity index (χ4n) is 4.23. The Morgan fingerprint density at radius 3 is 2.09 bits per heavy atom. The summed E-state index contributed by atoms with van der Waals surface area (Å²) in [6.45, 7) is 5.21. The monoisotopic (exact) mass is 913 g/mol. The number of ether oxygens (including phenoxy) is 1. The second-order valence-electron chi connectivity index (χ2n) is 13.4. The van der Waals surface area contributed by atoms with E-state index < -0.39 is 70.7 Å². The third-order valence-electron chi connectivity index (χ3n) is 6.70. The highest BCUT2D eigenvalue weighted by molar-refractivity contribution is 7.94. The fourth-order valence-corrected chi connectivity index (χ4v) is 6.13. The molecule has 1 heterocycles. The van der Waals surface area contributed by atoms with E-state index in [1.807, 2.05) is 26.1 Å². The second kappa shape index (κ2) is 22.6. The Labute approximate surface area is 348 Å². The van der Waals surface area contributed by atoms with Crippen molar-refractivity contribution in [1.29, 1.82) is 0 Å². The third kappa shape index (κ3) is 17.9. The first-order valence-electron chi connectivity index (χ1n) is 16.3. The van der Waals surface area contributed by atoms with Crippen LogP contribution < -0.4 is 20.7 Å². The van der Waals surface area contributed by atoms with Crippen LogP contribution in [0.5, 0.6) is 5.75 Å². The Morgan fingerprint density at radius 2 is 1.65 bits per heavy atom. The summed E-state index contributed by atoms with van der Waals surface area (Å²) >= 11 is 18.1. The molecular weight excluding hydrogens is 872 g/mol. The van der Waals surface area contributed by atoms with Crippen LogP contribution in [-0.2, 0) is 45.1 Å². The van der Waals surface area contributed by atoms with Crippen molar-refractivity contribution in [2.45, 2.75) is 50.3 Å². The lowest BCUT2D eigenvalue weighted by atomic mass is 9.82. The smallest absolute Gasteiger partial charge is 0.442 e. The van der Waals surface area contributed by atoms with Crippen molar-refractivity contribution in [2.24, 2.45) is 5.92 Å². The van der Waals surface area contributed by atoms with Crippen molar-refractivity contribution in [3.8, 4) is 23.8 Å². The van der Waals surface area contributed by atoms with Crippen LogP contribution in [0.3, 0.4) is 0 Å². The van der Waals surface area contributed by atoms with Crippen LogP contribution in [-0.4, -0.2) is 96.0 Å². The minimum atomic E-state index is -4.35. The van der Waals surface area contributed by atoms with E-state index in [0.29, 0.717) is 34.6 Å². The molecule has 1 aromatic heterocycles. The number of carboxylic acids is 1. The summed E-state index contributed by atoms with van der Waals surface area (Å²) in [4.78, 5) is 75.6. The van der Waals surface area contributed by atoms with Crippen LogP contribution >= 0.6 is 42.4 Å². The molecule has 1 unspecified atom stereocenters. The third-order valence-corrected chi connectivity index (χ3v) is 9.35. The number of carbonyl (C=O) groups is 4. The van der Waals surface area contributed by atoms with Gasteiger partial charge in [0.15, 0.2) is 27.2 Å². The number of terminal acetylenes is 1. The lowest BCUT2D eigenvalue weighted by Crippen LogP contribution is -2.35. The number of Topliss-reactive ketones (excluding diaryl/α,β-unsaturated/α-hetero) is 3. The van der Waals surface area contributed by atoms with Gasteiger partial charge in [0.2, 0.25) is 5.89 Å². The molecule has 1 fully saturated rings. The average molecular weight is 915 g/mol. The molecule has 3 aromatic rings. The van der Waals surface area contributed by atoms with E-state index in [9.17, 15) is 41.8 Å². The van der Waals surface area contributed by atoms with Crippen LogP contribution in [0, 0.1) is 18.3 Å². The molecule has 0 bridgehead atoms. The van der Waals surface area contributed by atoms with Gasteiger partial charge in [-0.3, -0.25) is 24.5 Å². The molecule has 16 nitrogen and oxygen atoms in total. The predicted molar refractivity (Wildman–Crippen MR) is 217 cm³/mol. The SMILES string of the molecule is C#CCOc1cc(-n2nc(C(C)(C)C)oc2=O)c(Cl)cc1Cl.CS(=O)(=O)c1ccc(C(=O)C2C(=O)CCCC2=O)c(Cl)c1.C[S+](C)C.O=C(O)CNCP(=O)([O-])O. The minimum absolute atomic E-state index is 0.00216. The van der Waals surface area contributed by atoms with Crippen molar-refractivity contribution in [3.63, 3.8) is 0 Å². The number of nitrogens with zero attached hydrogens (tertiary/aromatic N) is 2. The minimum Gasteiger partial charge on any atom is -0.778 e. The maximum Gasteiger partial charge on any atom is 0.442 e. The van der Waals surface area contributed by atoms with Crippen LogP contribution in [0.2, 0.25) is 15.1 Å². The maximum atomic E-state index is 12.3. The highest BCUT2D eigenvalue weighted by Crippen LogP contribution is 2.33. The Hall–Kier alpha value is -3.50. The number of aromatic nitrogens is 2. The molecule has 0 radical (unpaired) electrons. The zero-order valence-corrected chi connectivity index (χ0v) is 36.8. The number of benzene rings is 2. The van der Waals surface area contributed by atoms with E-state index in [-0.39, 0.29) is 45.0 Å². The van der Waals surface area contributed by atoms with E-state index in [1.165, 1.54) is 24.3 Å². The molecule has 2 aromatic carbocycles. The van der Waals surface area contributed by atoms with Crippen LogP contribution in [0.25, 0.3) is 5.69 Å². The van der Waals surface area contributed by atoms with Gasteiger partial charge >= 0.3 is 11.7 Å². The molecule has 1 aliphatic rings. The zero-order valence-electron chi connectivity index (χ0n) is 32.0. The molecule has 1 atom stereocenters. The molecule has 0 aliphatic heterocycles. The van der Waals surface area contributed by atoms with Gasteiger partial charge in [-0.2, -0.15) is 4.68 Å². The first-order chi connectivity index (χ1) is 26.1. The van der Waals surface area contributed by atoms with Crippen LogP contribution in [0.4, 0.5) is 0 Å². The van der Waals surface area contributed by atoms with Crippen molar-refractivity contribution < 1.29 is 56.2 Å². The van der Waals surface area contributed by atoms with Gasteiger partial charge < -0.3 is 28.6 Å². The summed E-state index contributed by atoms with van der Waals surface area (Å²) in [5.41, 5.74) is -0.105. The number of carbonyl (C=O) groups excluding carboxylic acids is 3. The van der Waals surface area contributed by atoms with Gasteiger partial charge in [-0.05, 0) is 41.6 Å². The predicted octanol–water partition coefficient (Wildman–Crippen LogP) is 3.96. The Morgan fingerprint density at radius 1 is 1.09 bits per heavy atom. The van der Waals surface area contributed by atoms with Crippen LogP contribution in [0.1, 0.15) is 56.3 Å². The average Bonchev–Trinajstić information content (AvgIpc) is 3.45. The summed E-state index contributed by atoms with van der Waals surface area (Å²) in [6, 6.07) is 6.60. The van der Waals surface area contributed by atoms with Gasteiger partial charge in [-0.15, -0.1) is 11.5 Å². The number of rotatable bonds is 10. The molecule has 1 aliphatic carbocycles. The molecule has 0 spiro atoms. The first-order valence-corrected chi connectivity index (χ1v) is 23.5. The fraction of sp³-hybridized carbons (Fsp3) is 0.429. The van der Waals surface area contributed by atoms with Crippen molar-refractivity contribution in [3.05, 3.63) is 67.4 Å².